The van der Waals surface area contributed by atoms with E-state index in [0.29, 0.717) is 0 Å². The zero-order valence-corrected chi connectivity index (χ0v) is 10.0. The molecule has 1 atom stereocenters. The highest BCUT2D eigenvalue weighted by atomic mass is 19.1. The average Bonchev–Trinajstić information content (AvgIpc) is 2.29. The van der Waals surface area contributed by atoms with E-state index in [9.17, 15) is 4.39 Å². The summed E-state index contributed by atoms with van der Waals surface area (Å²) in [4.78, 5) is 0. The van der Waals surface area contributed by atoms with E-state index in [1.807, 2.05) is 6.07 Å². The van der Waals surface area contributed by atoms with E-state index in [1.54, 1.807) is 6.07 Å². The van der Waals surface area contributed by atoms with Crippen LogP contribution in [0.15, 0.2) is 18.2 Å². The first-order chi connectivity index (χ1) is 7.69. The Kier molecular flexibility index (Phi) is 5.26. The maximum Gasteiger partial charge on any atom is 0.165 e. The molecule has 1 unspecified atom stereocenters. The Morgan fingerprint density at radius 1 is 1.38 bits per heavy atom. The molecule has 0 amide bonds. The molecule has 1 rings (SSSR count). The summed E-state index contributed by atoms with van der Waals surface area (Å²) in [7, 11) is 1.46. The van der Waals surface area contributed by atoms with Crippen molar-refractivity contribution in [3.8, 4) is 5.75 Å². The van der Waals surface area contributed by atoms with Crippen LogP contribution in [0.1, 0.15) is 44.2 Å². The Morgan fingerprint density at radius 3 is 2.69 bits per heavy atom. The highest BCUT2D eigenvalue weighted by Crippen LogP contribution is 2.23. The molecular formula is C13H20FNO. The number of halogens is 1. The number of nitrogens with two attached hydrogens (primary N) is 1. The zero-order chi connectivity index (χ0) is 12.0. The number of ether oxygens (including phenoxy) is 1. The van der Waals surface area contributed by atoms with Crippen molar-refractivity contribution in [2.75, 3.05) is 7.11 Å². The van der Waals surface area contributed by atoms with E-state index in [2.05, 4.69) is 6.92 Å². The number of rotatable bonds is 6. The minimum Gasteiger partial charge on any atom is -0.494 e. The summed E-state index contributed by atoms with van der Waals surface area (Å²) in [6.45, 7) is 2.15. The molecule has 0 bridgehead atoms. The van der Waals surface area contributed by atoms with Crippen molar-refractivity contribution in [2.24, 2.45) is 5.73 Å². The van der Waals surface area contributed by atoms with Crippen molar-refractivity contribution < 1.29 is 9.13 Å². The predicted molar refractivity (Wildman–Crippen MR) is 64.0 cm³/mol. The topological polar surface area (TPSA) is 35.2 Å². The normalized spacial score (nSPS) is 12.5. The molecule has 0 saturated carbocycles. The van der Waals surface area contributed by atoms with Gasteiger partial charge in [0.1, 0.15) is 0 Å². The lowest BCUT2D eigenvalue weighted by Crippen LogP contribution is -2.10. The molecular weight excluding hydrogens is 205 g/mol. The smallest absolute Gasteiger partial charge is 0.165 e. The molecule has 0 radical (unpaired) electrons. The van der Waals surface area contributed by atoms with E-state index in [1.165, 1.54) is 26.0 Å². The predicted octanol–water partition coefficient (Wildman–Crippen LogP) is 3.41. The third-order valence-electron chi connectivity index (χ3n) is 2.72. The molecule has 0 fully saturated rings. The first kappa shape index (κ1) is 13.0. The molecule has 3 heteroatoms. The fourth-order valence-corrected chi connectivity index (χ4v) is 1.69. The van der Waals surface area contributed by atoms with Gasteiger partial charge in [-0.25, -0.2) is 4.39 Å². The number of methoxy groups -OCH3 is 1. The van der Waals surface area contributed by atoms with E-state index in [0.717, 1.165) is 18.4 Å². The van der Waals surface area contributed by atoms with Crippen molar-refractivity contribution in [3.05, 3.63) is 29.6 Å². The monoisotopic (exact) mass is 225 g/mol. The summed E-state index contributed by atoms with van der Waals surface area (Å²) < 4.78 is 18.3. The second kappa shape index (κ2) is 6.48. The highest BCUT2D eigenvalue weighted by Gasteiger charge is 2.09. The summed E-state index contributed by atoms with van der Waals surface area (Å²) in [6.07, 6.45) is 4.33. The summed E-state index contributed by atoms with van der Waals surface area (Å²) >= 11 is 0. The lowest BCUT2D eigenvalue weighted by atomic mass is 10.0. The SMILES string of the molecule is CCCCCC(N)c1ccc(OC)c(F)c1. The second-order valence-electron chi connectivity index (χ2n) is 4.00. The maximum absolute atomic E-state index is 13.4. The van der Waals surface area contributed by atoms with Crippen molar-refractivity contribution in [1.29, 1.82) is 0 Å². The van der Waals surface area contributed by atoms with Gasteiger partial charge in [-0.05, 0) is 24.1 Å². The quantitative estimate of drug-likeness (QED) is 0.753. The van der Waals surface area contributed by atoms with Gasteiger partial charge in [0.15, 0.2) is 11.6 Å². The van der Waals surface area contributed by atoms with E-state index in [4.69, 9.17) is 10.5 Å². The van der Waals surface area contributed by atoms with Crippen molar-refractivity contribution >= 4 is 0 Å². The van der Waals surface area contributed by atoms with E-state index in [-0.39, 0.29) is 17.6 Å². The summed E-state index contributed by atoms with van der Waals surface area (Å²) in [6, 6.07) is 4.85. The van der Waals surface area contributed by atoms with E-state index < -0.39 is 0 Å². The van der Waals surface area contributed by atoms with Gasteiger partial charge in [0.25, 0.3) is 0 Å². The molecule has 0 heterocycles. The molecule has 2 N–H and O–H groups in total. The molecule has 16 heavy (non-hydrogen) atoms. The second-order valence-corrected chi connectivity index (χ2v) is 4.00. The zero-order valence-electron chi connectivity index (χ0n) is 10.0. The molecule has 90 valence electrons. The minimum absolute atomic E-state index is 0.0769. The summed E-state index contributed by atoms with van der Waals surface area (Å²) in [5.74, 6) is -0.0737. The van der Waals surface area contributed by atoms with Crippen LogP contribution >= 0.6 is 0 Å². The van der Waals surface area contributed by atoms with Crippen LogP contribution in [-0.4, -0.2) is 7.11 Å². The van der Waals surface area contributed by atoms with Gasteiger partial charge in [-0.15, -0.1) is 0 Å². The van der Waals surface area contributed by atoms with Crippen molar-refractivity contribution in [1.82, 2.24) is 0 Å². The summed E-state index contributed by atoms with van der Waals surface area (Å²) in [5.41, 5.74) is 6.83. The number of unbranched alkanes of at least 4 members (excludes halogenated alkanes) is 2. The third kappa shape index (κ3) is 3.49. The molecule has 2 nitrogen and oxygen atoms in total. The van der Waals surface area contributed by atoms with Crippen LogP contribution in [0, 0.1) is 5.82 Å². The van der Waals surface area contributed by atoms with Gasteiger partial charge in [-0.2, -0.15) is 0 Å². The van der Waals surface area contributed by atoms with Gasteiger partial charge >= 0.3 is 0 Å². The van der Waals surface area contributed by atoms with Crippen LogP contribution in [-0.2, 0) is 0 Å². The van der Waals surface area contributed by atoms with Gasteiger partial charge in [-0.3, -0.25) is 0 Å². The van der Waals surface area contributed by atoms with Crippen LogP contribution in [0.2, 0.25) is 0 Å². The molecule has 0 aliphatic carbocycles. The fraction of sp³-hybridized carbons (Fsp3) is 0.538. The molecule has 0 spiro atoms. The van der Waals surface area contributed by atoms with Gasteiger partial charge in [-0.1, -0.05) is 32.3 Å². The maximum atomic E-state index is 13.4. The molecule has 0 aliphatic rings. The van der Waals surface area contributed by atoms with Gasteiger partial charge < -0.3 is 10.5 Å². The van der Waals surface area contributed by atoms with Crippen LogP contribution in [0.25, 0.3) is 0 Å². The van der Waals surface area contributed by atoms with Crippen molar-refractivity contribution in [2.45, 2.75) is 38.6 Å². The molecule has 1 aromatic rings. The number of hydrogen-bond acceptors (Lipinski definition) is 2. The lowest BCUT2D eigenvalue weighted by Gasteiger charge is -2.12. The number of benzene rings is 1. The highest BCUT2D eigenvalue weighted by molar-refractivity contribution is 5.30. The van der Waals surface area contributed by atoms with Crippen LogP contribution in [0.3, 0.4) is 0 Å². The third-order valence-corrected chi connectivity index (χ3v) is 2.72. The first-order valence-corrected chi connectivity index (χ1v) is 5.78. The van der Waals surface area contributed by atoms with Crippen LogP contribution in [0.4, 0.5) is 4.39 Å². The minimum atomic E-state index is -0.342. The van der Waals surface area contributed by atoms with Gasteiger partial charge in [0.05, 0.1) is 7.11 Å². The lowest BCUT2D eigenvalue weighted by molar-refractivity contribution is 0.385. The largest absolute Gasteiger partial charge is 0.494 e. The van der Waals surface area contributed by atoms with Crippen LogP contribution < -0.4 is 10.5 Å². The fourth-order valence-electron chi connectivity index (χ4n) is 1.69. The Bertz CT molecular complexity index is 328. The Labute approximate surface area is 96.6 Å². The van der Waals surface area contributed by atoms with E-state index >= 15 is 0 Å². The summed E-state index contributed by atoms with van der Waals surface area (Å²) in [5, 5.41) is 0. The Morgan fingerprint density at radius 2 is 2.12 bits per heavy atom. The standard InChI is InChI=1S/C13H20FNO/c1-3-4-5-6-12(15)10-7-8-13(16-2)11(14)9-10/h7-9,12H,3-6,15H2,1-2H3. The van der Waals surface area contributed by atoms with Gasteiger partial charge in [0, 0.05) is 6.04 Å². The molecule has 0 aromatic heterocycles. The Hall–Kier alpha value is -1.09. The molecule has 0 aliphatic heterocycles. The van der Waals surface area contributed by atoms with Crippen LogP contribution in [0.5, 0.6) is 5.75 Å². The first-order valence-electron chi connectivity index (χ1n) is 5.78. The Balaban J connectivity index is 2.62. The number of hydrogen-bond donors (Lipinski definition) is 1. The molecule has 1 aromatic carbocycles. The van der Waals surface area contributed by atoms with Gasteiger partial charge in [0.2, 0.25) is 0 Å². The molecule has 0 saturated heterocycles. The van der Waals surface area contributed by atoms with Crippen molar-refractivity contribution in [3.63, 3.8) is 0 Å². The average molecular weight is 225 g/mol.